The molecule has 1 aliphatic heterocycles. The maximum atomic E-state index is 10.5. The SMILES string of the molecule is Oc1cc2c(cc1C(c1ccccc1)c1ccccc1)OCO2. The van der Waals surface area contributed by atoms with Gasteiger partial charge in [-0.3, -0.25) is 0 Å². The first-order valence-corrected chi connectivity index (χ1v) is 7.55. The molecular formula is C20H16O3. The van der Waals surface area contributed by atoms with Gasteiger partial charge in [0.25, 0.3) is 0 Å². The van der Waals surface area contributed by atoms with Crippen molar-refractivity contribution >= 4 is 0 Å². The summed E-state index contributed by atoms with van der Waals surface area (Å²) >= 11 is 0. The van der Waals surface area contributed by atoms with Gasteiger partial charge in [0.1, 0.15) is 5.75 Å². The normalized spacial score (nSPS) is 12.6. The molecule has 0 saturated heterocycles. The summed E-state index contributed by atoms with van der Waals surface area (Å²) in [4.78, 5) is 0. The molecule has 0 aromatic heterocycles. The molecule has 3 heteroatoms. The van der Waals surface area contributed by atoms with E-state index in [4.69, 9.17) is 9.47 Å². The van der Waals surface area contributed by atoms with Crippen molar-refractivity contribution in [3.63, 3.8) is 0 Å². The molecule has 0 atom stereocenters. The van der Waals surface area contributed by atoms with Crippen LogP contribution in [0.1, 0.15) is 22.6 Å². The molecule has 0 amide bonds. The Kier molecular flexibility index (Phi) is 3.39. The Balaban J connectivity index is 1.90. The quantitative estimate of drug-likeness (QED) is 0.733. The number of hydrogen-bond acceptors (Lipinski definition) is 3. The van der Waals surface area contributed by atoms with E-state index in [1.54, 1.807) is 6.07 Å². The average Bonchev–Trinajstić information content (AvgIpc) is 3.04. The van der Waals surface area contributed by atoms with Gasteiger partial charge in [-0.05, 0) is 17.2 Å². The third-order valence-corrected chi connectivity index (χ3v) is 4.10. The van der Waals surface area contributed by atoms with Gasteiger partial charge in [-0.1, -0.05) is 60.7 Å². The molecule has 3 nitrogen and oxygen atoms in total. The fourth-order valence-electron chi connectivity index (χ4n) is 3.02. The summed E-state index contributed by atoms with van der Waals surface area (Å²) in [5.74, 6) is 1.42. The summed E-state index contributed by atoms with van der Waals surface area (Å²) < 4.78 is 10.8. The highest BCUT2D eigenvalue weighted by molar-refractivity contribution is 5.57. The van der Waals surface area contributed by atoms with Gasteiger partial charge in [0.05, 0.1) is 0 Å². The average molecular weight is 304 g/mol. The van der Waals surface area contributed by atoms with E-state index in [0.717, 1.165) is 16.7 Å². The molecule has 23 heavy (non-hydrogen) atoms. The fraction of sp³-hybridized carbons (Fsp3) is 0.100. The molecule has 0 fully saturated rings. The number of benzene rings is 3. The predicted molar refractivity (Wildman–Crippen MR) is 88.1 cm³/mol. The van der Waals surface area contributed by atoms with E-state index >= 15 is 0 Å². The molecule has 0 spiro atoms. The number of phenols is 1. The van der Waals surface area contributed by atoms with E-state index in [0.29, 0.717) is 11.5 Å². The minimum absolute atomic E-state index is 0.0631. The second kappa shape index (κ2) is 5.69. The van der Waals surface area contributed by atoms with Gasteiger partial charge in [-0.15, -0.1) is 0 Å². The minimum atomic E-state index is -0.0631. The summed E-state index contributed by atoms with van der Waals surface area (Å²) in [6.07, 6.45) is 0. The highest BCUT2D eigenvalue weighted by Gasteiger charge is 2.24. The van der Waals surface area contributed by atoms with Crippen LogP contribution in [0.5, 0.6) is 17.2 Å². The van der Waals surface area contributed by atoms with Gasteiger partial charge in [0.2, 0.25) is 6.79 Å². The van der Waals surface area contributed by atoms with Crippen molar-refractivity contribution in [3.8, 4) is 17.2 Å². The van der Waals surface area contributed by atoms with Crippen LogP contribution in [0.2, 0.25) is 0 Å². The molecule has 1 N–H and O–H groups in total. The molecule has 3 aromatic rings. The number of fused-ring (bicyclic) bond motifs is 1. The van der Waals surface area contributed by atoms with Crippen molar-refractivity contribution in [2.45, 2.75) is 5.92 Å². The van der Waals surface area contributed by atoms with Crippen LogP contribution in [0.15, 0.2) is 72.8 Å². The van der Waals surface area contributed by atoms with Gasteiger partial charge in [-0.25, -0.2) is 0 Å². The molecule has 0 bridgehead atoms. The highest BCUT2D eigenvalue weighted by Crippen LogP contribution is 2.44. The Bertz CT molecular complexity index is 774. The van der Waals surface area contributed by atoms with E-state index in [2.05, 4.69) is 24.3 Å². The Morgan fingerprint density at radius 2 is 1.26 bits per heavy atom. The van der Waals surface area contributed by atoms with Crippen LogP contribution in [0.25, 0.3) is 0 Å². The molecule has 0 radical (unpaired) electrons. The summed E-state index contributed by atoms with van der Waals surface area (Å²) in [5.41, 5.74) is 3.05. The van der Waals surface area contributed by atoms with Gasteiger partial charge in [0.15, 0.2) is 11.5 Å². The number of phenolic OH excluding ortho intramolecular Hbond substituents is 1. The van der Waals surface area contributed by atoms with E-state index in [1.807, 2.05) is 42.5 Å². The molecule has 1 heterocycles. The van der Waals surface area contributed by atoms with Gasteiger partial charge in [0, 0.05) is 17.5 Å². The van der Waals surface area contributed by atoms with Gasteiger partial charge < -0.3 is 14.6 Å². The Labute approximate surface area is 134 Å². The van der Waals surface area contributed by atoms with Crippen LogP contribution in [0.4, 0.5) is 0 Å². The molecule has 4 rings (SSSR count). The van der Waals surface area contributed by atoms with Crippen molar-refractivity contribution in [1.82, 2.24) is 0 Å². The van der Waals surface area contributed by atoms with Crippen LogP contribution in [-0.2, 0) is 0 Å². The minimum Gasteiger partial charge on any atom is -0.507 e. The number of ether oxygens (including phenoxy) is 2. The largest absolute Gasteiger partial charge is 0.507 e. The zero-order valence-electron chi connectivity index (χ0n) is 12.5. The van der Waals surface area contributed by atoms with Crippen molar-refractivity contribution < 1.29 is 14.6 Å². The topological polar surface area (TPSA) is 38.7 Å². The van der Waals surface area contributed by atoms with Crippen molar-refractivity contribution in [1.29, 1.82) is 0 Å². The molecule has 0 saturated carbocycles. The standard InChI is InChI=1S/C20H16O3/c21-17-12-19-18(22-13-23-19)11-16(17)20(14-7-3-1-4-8-14)15-9-5-2-6-10-15/h1-12,20-21H,13H2. The maximum Gasteiger partial charge on any atom is 0.231 e. The Morgan fingerprint density at radius 3 is 1.83 bits per heavy atom. The third kappa shape index (κ3) is 2.50. The van der Waals surface area contributed by atoms with Crippen molar-refractivity contribution in [2.75, 3.05) is 6.79 Å². The molecular weight excluding hydrogens is 288 g/mol. The monoisotopic (exact) mass is 304 g/mol. The maximum absolute atomic E-state index is 10.5. The van der Waals surface area contributed by atoms with E-state index < -0.39 is 0 Å². The van der Waals surface area contributed by atoms with E-state index in [1.165, 1.54) is 0 Å². The lowest BCUT2D eigenvalue weighted by molar-refractivity contribution is 0.174. The molecule has 0 aliphatic carbocycles. The second-order valence-electron chi connectivity index (χ2n) is 5.52. The van der Waals surface area contributed by atoms with Crippen molar-refractivity contribution in [2.24, 2.45) is 0 Å². The van der Waals surface area contributed by atoms with E-state index in [9.17, 15) is 5.11 Å². The number of hydrogen-bond donors (Lipinski definition) is 1. The van der Waals surface area contributed by atoms with Crippen LogP contribution in [0, 0.1) is 0 Å². The lowest BCUT2D eigenvalue weighted by Crippen LogP contribution is -2.03. The first-order valence-electron chi connectivity index (χ1n) is 7.55. The summed E-state index contributed by atoms with van der Waals surface area (Å²) in [7, 11) is 0. The zero-order chi connectivity index (χ0) is 15.6. The lowest BCUT2D eigenvalue weighted by atomic mass is 9.84. The summed E-state index contributed by atoms with van der Waals surface area (Å²) in [6.45, 7) is 0.194. The number of rotatable bonds is 3. The number of aromatic hydroxyl groups is 1. The van der Waals surface area contributed by atoms with Crippen LogP contribution >= 0.6 is 0 Å². The summed E-state index contributed by atoms with van der Waals surface area (Å²) in [6, 6.07) is 23.8. The molecule has 3 aromatic carbocycles. The smallest absolute Gasteiger partial charge is 0.231 e. The first kappa shape index (κ1) is 13.7. The van der Waals surface area contributed by atoms with Gasteiger partial charge >= 0.3 is 0 Å². The Morgan fingerprint density at radius 1 is 0.739 bits per heavy atom. The summed E-state index contributed by atoms with van der Waals surface area (Å²) in [5, 5.41) is 10.5. The van der Waals surface area contributed by atoms with Crippen LogP contribution < -0.4 is 9.47 Å². The lowest BCUT2D eigenvalue weighted by Gasteiger charge is -2.20. The van der Waals surface area contributed by atoms with Gasteiger partial charge in [-0.2, -0.15) is 0 Å². The zero-order valence-corrected chi connectivity index (χ0v) is 12.5. The predicted octanol–water partition coefficient (Wildman–Crippen LogP) is 4.30. The third-order valence-electron chi connectivity index (χ3n) is 4.10. The highest BCUT2D eigenvalue weighted by atomic mass is 16.7. The van der Waals surface area contributed by atoms with Crippen LogP contribution in [-0.4, -0.2) is 11.9 Å². The second-order valence-corrected chi connectivity index (χ2v) is 5.52. The molecule has 0 unspecified atom stereocenters. The fourth-order valence-corrected chi connectivity index (χ4v) is 3.02. The van der Waals surface area contributed by atoms with Crippen LogP contribution in [0.3, 0.4) is 0 Å². The first-order chi connectivity index (χ1) is 11.3. The molecule has 114 valence electrons. The van der Waals surface area contributed by atoms with E-state index in [-0.39, 0.29) is 18.5 Å². The van der Waals surface area contributed by atoms with Crippen molar-refractivity contribution in [3.05, 3.63) is 89.5 Å². The molecule has 1 aliphatic rings. The Hall–Kier alpha value is -2.94.